The van der Waals surface area contributed by atoms with Gasteiger partial charge in [0.25, 0.3) is 0 Å². The number of esters is 1. The van der Waals surface area contributed by atoms with Gasteiger partial charge in [0.15, 0.2) is 11.5 Å². The highest BCUT2D eigenvalue weighted by Gasteiger charge is 2.34. The average Bonchev–Trinajstić information content (AvgIpc) is 2.57. The van der Waals surface area contributed by atoms with Crippen LogP contribution in [0.2, 0.25) is 0 Å². The molecule has 0 fully saturated rings. The van der Waals surface area contributed by atoms with Crippen molar-refractivity contribution in [3.8, 4) is 11.5 Å². The maximum atomic E-state index is 13.6. The minimum Gasteiger partial charge on any atom is -0.504 e. The van der Waals surface area contributed by atoms with E-state index in [9.17, 15) is 19.4 Å². The number of hydrogen-bond donors (Lipinski definition) is 4. The topological polar surface area (TPSA) is 105 Å². The van der Waals surface area contributed by atoms with Crippen LogP contribution in [0.3, 0.4) is 0 Å². The lowest BCUT2D eigenvalue weighted by Gasteiger charge is -2.26. The van der Waals surface area contributed by atoms with Gasteiger partial charge in [0.2, 0.25) is 0 Å². The van der Waals surface area contributed by atoms with Gasteiger partial charge >= 0.3 is 5.97 Å². The van der Waals surface area contributed by atoms with E-state index >= 15 is 0 Å². The van der Waals surface area contributed by atoms with Gasteiger partial charge in [-0.25, -0.2) is 14.6 Å². The van der Waals surface area contributed by atoms with Crippen molar-refractivity contribution < 1.29 is 24.1 Å². The molecule has 0 bridgehead atoms. The molecule has 0 saturated heterocycles. The first-order chi connectivity index (χ1) is 11.4. The third-order valence-electron chi connectivity index (χ3n) is 3.68. The van der Waals surface area contributed by atoms with Gasteiger partial charge in [0.05, 0.1) is 0 Å². The van der Waals surface area contributed by atoms with E-state index in [1.54, 1.807) is 18.2 Å². The molecule has 2 rings (SSSR count). The third kappa shape index (κ3) is 4.01. The molecule has 128 valence electrons. The summed E-state index contributed by atoms with van der Waals surface area (Å²) in [6.07, 6.45) is 0.105. The van der Waals surface area contributed by atoms with E-state index in [-0.39, 0.29) is 30.1 Å². The molecule has 0 heterocycles. The summed E-state index contributed by atoms with van der Waals surface area (Å²) in [6, 6.07) is 10.2. The van der Waals surface area contributed by atoms with Crippen LogP contribution in [0.1, 0.15) is 18.1 Å². The van der Waals surface area contributed by atoms with Gasteiger partial charge in [0, 0.05) is 12.0 Å². The molecule has 0 radical (unpaired) electrons. The van der Waals surface area contributed by atoms with Crippen molar-refractivity contribution in [2.75, 3.05) is 0 Å². The fraction of sp³-hybridized carbons (Fsp3) is 0.235. The molecular weight excluding hydrogens is 315 g/mol. The summed E-state index contributed by atoms with van der Waals surface area (Å²) in [5.41, 5.74) is 1.94. The Hall–Kier alpha value is -2.64. The van der Waals surface area contributed by atoms with Gasteiger partial charge in [-0.05, 0) is 30.7 Å². The molecule has 0 aliphatic rings. The largest absolute Gasteiger partial charge is 0.504 e. The second-order valence-corrected chi connectivity index (χ2v) is 5.64. The molecule has 0 spiro atoms. The Kier molecular flexibility index (Phi) is 5.38. The smallest absolute Gasteiger partial charge is 0.328 e. The predicted octanol–water partition coefficient (Wildman–Crippen LogP) is 1.74. The van der Waals surface area contributed by atoms with E-state index in [4.69, 9.17) is 10.6 Å². The van der Waals surface area contributed by atoms with Crippen LogP contribution in [0.25, 0.3) is 0 Å². The Balaban J connectivity index is 2.08. The number of phenols is 2. The summed E-state index contributed by atoms with van der Waals surface area (Å²) in [6.45, 7) is 1.31. The highest BCUT2D eigenvalue weighted by Crippen LogP contribution is 2.27. The zero-order valence-electron chi connectivity index (χ0n) is 13.1. The molecule has 0 aliphatic carbocycles. The fourth-order valence-electron chi connectivity index (χ4n) is 2.19. The normalized spacial score (nSPS) is 13.3. The average molecular weight is 334 g/mol. The monoisotopic (exact) mass is 334 g/mol. The number of halogens is 1. The number of rotatable bonds is 6. The number of carbonyl (C=O) groups is 1. The minimum absolute atomic E-state index is 0.105. The molecule has 0 aromatic heterocycles. The number of phenolic OH excluding ortho intramolecular Hbond substituents is 2. The molecule has 5 N–H and O–H groups in total. The Labute approximate surface area is 138 Å². The van der Waals surface area contributed by atoms with Gasteiger partial charge in [-0.3, -0.25) is 5.84 Å². The second-order valence-electron chi connectivity index (χ2n) is 5.64. The highest BCUT2D eigenvalue weighted by atomic mass is 19.1. The van der Waals surface area contributed by atoms with E-state index in [2.05, 4.69) is 5.43 Å². The predicted molar refractivity (Wildman–Crippen MR) is 85.4 cm³/mol. The molecule has 1 unspecified atom stereocenters. The van der Waals surface area contributed by atoms with Gasteiger partial charge in [0.1, 0.15) is 18.0 Å². The van der Waals surface area contributed by atoms with Gasteiger partial charge in [-0.1, -0.05) is 24.3 Å². The number of nitrogens with one attached hydrogen (secondary N) is 1. The minimum atomic E-state index is -1.28. The molecule has 2 aromatic carbocycles. The van der Waals surface area contributed by atoms with E-state index in [0.717, 1.165) is 0 Å². The molecule has 0 amide bonds. The number of benzene rings is 2. The zero-order valence-corrected chi connectivity index (χ0v) is 13.1. The van der Waals surface area contributed by atoms with Crippen LogP contribution in [0, 0.1) is 5.82 Å². The number of hydrogen-bond acceptors (Lipinski definition) is 6. The summed E-state index contributed by atoms with van der Waals surface area (Å²) in [7, 11) is 0. The number of ether oxygens (including phenoxy) is 1. The molecule has 24 heavy (non-hydrogen) atoms. The lowest BCUT2D eigenvalue weighted by atomic mass is 9.93. The molecular formula is C17H19FN2O4. The molecule has 7 heteroatoms. The molecule has 6 nitrogen and oxygen atoms in total. The van der Waals surface area contributed by atoms with Gasteiger partial charge < -0.3 is 14.9 Å². The van der Waals surface area contributed by atoms with Crippen LogP contribution in [-0.4, -0.2) is 21.7 Å². The molecule has 2 aromatic rings. The molecule has 0 aliphatic heterocycles. The van der Waals surface area contributed by atoms with Crippen LogP contribution in [-0.2, 0) is 22.6 Å². The Morgan fingerprint density at radius 2 is 1.96 bits per heavy atom. The first-order valence-corrected chi connectivity index (χ1v) is 7.25. The highest BCUT2D eigenvalue weighted by molar-refractivity contribution is 5.80. The number of carbonyl (C=O) groups excluding carboxylic acids is 1. The first-order valence-electron chi connectivity index (χ1n) is 7.25. The van der Waals surface area contributed by atoms with E-state index < -0.39 is 17.3 Å². The van der Waals surface area contributed by atoms with Crippen LogP contribution >= 0.6 is 0 Å². The van der Waals surface area contributed by atoms with Crippen molar-refractivity contribution in [3.05, 3.63) is 59.4 Å². The SMILES string of the molecule is CC(Cc1ccc(O)c(O)c1)(NN)C(=O)OCc1ccccc1F. The van der Waals surface area contributed by atoms with E-state index in [1.807, 2.05) is 0 Å². The van der Waals surface area contributed by atoms with Crippen molar-refractivity contribution in [1.29, 1.82) is 0 Å². The molecule has 1 atom stereocenters. The Morgan fingerprint density at radius 1 is 1.25 bits per heavy atom. The summed E-state index contributed by atoms with van der Waals surface area (Å²) in [5.74, 6) is 3.80. The number of aromatic hydroxyl groups is 2. The van der Waals surface area contributed by atoms with E-state index in [1.165, 1.54) is 31.2 Å². The summed E-state index contributed by atoms with van der Waals surface area (Å²) >= 11 is 0. The van der Waals surface area contributed by atoms with Crippen molar-refractivity contribution in [2.45, 2.75) is 25.5 Å². The van der Waals surface area contributed by atoms with Crippen LogP contribution in [0.4, 0.5) is 4.39 Å². The summed E-state index contributed by atoms with van der Waals surface area (Å²) in [5, 5.41) is 18.9. The van der Waals surface area contributed by atoms with Crippen LogP contribution in [0.5, 0.6) is 11.5 Å². The lowest BCUT2D eigenvalue weighted by molar-refractivity contribution is -0.152. The van der Waals surface area contributed by atoms with Crippen LogP contribution in [0.15, 0.2) is 42.5 Å². The van der Waals surface area contributed by atoms with Gasteiger partial charge in [-0.2, -0.15) is 0 Å². The van der Waals surface area contributed by atoms with Crippen molar-refractivity contribution in [3.63, 3.8) is 0 Å². The number of nitrogens with two attached hydrogens (primary N) is 1. The summed E-state index contributed by atoms with van der Waals surface area (Å²) in [4.78, 5) is 12.3. The number of hydrazine groups is 1. The maximum absolute atomic E-state index is 13.6. The van der Waals surface area contributed by atoms with E-state index in [0.29, 0.717) is 5.56 Å². The quantitative estimate of drug-likeness (QED) is 0.278. The second kappa shape index (κ2) is 7.29. The maximum Gasteiger partial charge on any atom is 0.328 e. The fourth-order valence-corrected chi connectivity index (χ4v) is 2.19. The first kappa shape index (κ1) is 17.7. The molecule has 0 saturated carbocycles. The van der Waals surface area contributed by atoms with Crippen molar-refractivity contribution in [1.82, 2.24) is 5.43 Å². The lowest BCUT2D eigenvalue weighted by Crippen LogP contribution is -2.55. The van der Waals surface area contributed by atoms with Gasteiger partial charge in [-0.15, -0.1) is 0 Å². The standard InChI is InChI=1S/C17H19FN2O4/c1-17(20-19,9-11-6-7-14(21)15(22)8-11)16(23)24-10-12-4-2-3-5-13(12)18/h2-8,20-22H,9-10,19H2,1H3. The third-order valence-corrected chi connectivity index (χ3v) is 3.68. The summed E-state index contributed by atoms with van der Waals surface area (Å²) < 4.78 is 18.7. The Bertz CT molecular complexity index is 738. The zero-order chi connectivity index (χ0) is 17.7. The Morgan fingerprint density at radius 3 is 2.58 bits per heavy atom. The van der Waals surface area contributed by atoms with Crippen molar-refractivity contribution >= 4 is 5.97 Å². The van der Waals surface area contributed by atoms with Crippen LogP contribution < -0.4 is 11.3 Å². The van der Waals surface area contributed by atoms with Crippen molar-refractivity contribution in [2.24, 2.45) is 5.84 Å².